The first-order valence-corrected chi connectivity index (χ1v) is 9.96. The Labute approximate surface area is 131 Å². The third kappa shape index (κ3) is 7.33. The predicted octanol–water partition coefficient (Wildman–Crippen LogP) is 4.15. The monoisotopic (exact) mass is 300 g/mol. The zero-order valence-corrected chi connectivity index (χ0v) is 14.8. The molecule has 3 heteroatoms. The number of thioether (sulfide) groups is 1. The smallest absolute Gasteiger partial charge is 0.0337 e. The Hall–Kier alpha value is 0.270. The average Bonchev–Trinajstić information content (AvgIpc) is 2.47. The van der Waals surface area contributed by atoms with Crippen LogP contribution in [0.15, 0.2) is 0 Å². The highest BCUT2D eigenvalue weighted by atomic mass is 32.2. The Bertz CT molecular complexity index is 223. The minimum Gasteiger partial charge on any atom is -0.312 e. The molecule has 20 heavy (non-hydrogen) atoms. The summed E-state index contributed by atoms with van der Waals surface area (Å²) in [6.07, 6.45) is 11.1. The number of likely N-dealkylation sites (N-methyl/N-ethyl adjacent to an activating group) is 1. The lowest BCUT2D eigenvalue weighted by Gasteiger charge is -2.38. The molecule has 2 nitrogen and oxygen atoms in total. The van der Waals surface area contributed by atoms with Crippen molar-refractivity contribution in [3.8, 4) is 0 Å². The molecular weight excluding hydrogens is 264 g/mol. The molecule has 1 N–H and O–H groups in total. The van der Waals surface area contributed by atoms with E-state index in [0.717, 1.165) is 6.04 Å². The number of rotatable bonds is 11. The predicted molar refractivity (Wildman–Crippen MR) is 93.8 cm³/mol. The minimum atomic E-state index is 0.707. The first kappa shape index (κ1) is 18.3. The Balaban J connectivity index is 2.27. The van der Waals surface area contributed by atoms with Crippen LogP contribution in [-0.2, 0) is 0 Å². The summed E-state index contributed by atoms with van der Waals surface area (Å²) in [5.74, 6) is 2.62. The Morgan fingerprint density at radius 2 is 1.85 bits per heavy atom. The number of unbranched alkanes of at least 4 members (excludes halogenated alkanes) is 5. The molecule has 2 unspecified atom stereocenters. The highest BCUT2D eigenvalue weighted by molar-refractivity contribution is 7.99. The Morgan fingerprint density at radius 3 is 2.55 bits per heavy atom. The standard InChI is InChI=1S/C17H36N2S/c1-4-6-7-8-9-10-11-16(18-12-5-2)17-15-20-14-13-19(17)3/h16-18H,4-15H2,1-3H3. The van der Waals surface area contributed by atoms with E-state index in [9.17, 15) is 0 Å². The zero-order chi connectivity index (χ0) is 14.6. The van der Waals surface area contributed by atoms with Crippen LogP contribution in [0, 0.1) is 0 Å². The molecule has 1 saturated heterocycles. The maximum Gasteiger partial charge on any atom is 0.0337 e. The normalized spacial score (nSPS) is 22.1. The average molecular weight is 301 g/mol. The van der Waals surface area contributed by atoms with Crippen LogP contribution >= 0.6 is 11.8 Å². The van der Waals surface area contributed by atoms with Crippen molar-refractivity contribution in [2.75, 3.05) is 31.6 Å². The van der Waals surface area contributed by atoms with Gasteiger partial charge in [-0.15, -0.1) is 0 Å². The largest absolute Gasteiger partial charge is 0.312 e. The van der Waals surface area contributed by atoms with Gasteiger partial charge in [0.2, 0.25) is 0 Å². The number of nitrogens with one attached hydrogen (secondary N) is 1. The van der Waals surface area contributed by atoms with E-state index in [4.69, 9.17) is 0 Å². The Morgan fingerprint density at radius 1 is 1.10 bits per heavy atom. The fourth-order valence-corrected chi connectivity index (χ4v) is 4.35. The van der Waals surface area contributed by atoms with Gasteiger partial charge in [-0.25, -0.2) is 0 Å². The van der Waals surface area contributed by atoms with Crippen LogP contribution in [0.1, 0.15) is 65.2 Å². The SMILES string of the molecule is CCCCCCCCC(NCCC)C1CSCCN1C. The number of nitrogens with zero attached hydrogens (tertiary/aromatic N) is 1. The van der Waals surface area contributed by atoms with Gasteiger partial charge >= 0.3 is 0 Å². The molecule has 120 valence electrons. The van der Waals surface area contributed by atoms with Crippen molar-refractivity contribution in [2.24, 2.45) is 0 Å². The summed E-state index contributed by atoms with van der Waals surface area (Å²) in [5, 5.41) is 3.82. The van der Waals surface area contributed by atoms with Crippen molar-refractivity contribution >= 4 is 11.8 Å². The first-order valence-electron chi connectivity index (χ1n) is 8.81. The van der Waals surface area contributed by atoms with Gasteiger partial charge in [-0.05, 0) is 26.4 Å². The van der Waals surface area contributed by atoms with Crippen LogP contribution in [0.3, 0.4) is 0 Å². The van der Waals surface area contributed by atoms with Gasteiger partial charge < -0.3 is 10.2 Å². The maximum absolute atomic E-state index is 3.82. The van der Waals surface area contributed by atoms with Gasteiger partial charge in [0.15, 0.2) is 0 Å². The van der Waals surface area contributed by atoms with Crippen LogP contribution < -0.4 is 5.32 Å². The molecule has 0 spiro atoms. The molecule has 0 bridgehead atoms. The molecule has 0 amide bonds. The van der Waals surface area contributed by atoms with Gasteiger partial charge in [0, 0.05) is 30.1 Å². The summed E-state index contributed by atoms with van der Waals surface area (Å²) in [4.78, 5) is 2.58. The summed E-state index contributed by atoms with van der Waals surface area (Å²) in [7, 11) is 2.31. The fourth-order valence-electron chi connectivity index (χ4n) is 3.03. The second-order valence-electron chi connectivity index (χ2n) is 6.24. The zero-order valence-electron chi connectivity index (χ0n) is 14.0. The minimum absolute atomic E-state index is 0.707. The van der Waals surface area contributed by atoms with E-state index in [1.54, 1.807) is 0 Å². The van der Waals surface area contributed by atoms with E-state index >= 15 is 0 Å². The molecule has 0 saturated carbocycles. The molecule has 1 fully saturated rings. The van der Waals surface area contributed by atoms with Crippen molar-refractivity contribution in [3.63, 3.8) is 0 Å². The molecule has 2 atom stereocenters. The summed E-state index contributed by atoms with van der Waals surface area (Å²) in [6, 6.07) is 1.45. The molecule has 1 rings (SSSR count). The van der Waals surface area contributed by atoms with Crippen molar-refractivity contribution in [1.29, 1.82) is 0 Å². The van der Waals surface area contributed by atoms with E-state index < -0.39 is 0 Å². The fraction of sp³-hybridized carbons (Fsp3) is 1.00. The Kier molecular flexibility index (Phi) is 10.9. The van der Waals surface area contributed by atoms with Crippen molar-refractivity contribution in [3.05, 3.63) is 0 Å². The van der Waals surface area contributed by atoms with Gasteiger partial charge in [0.25, 0.3) is 0 Å². The van der Waals surface area contributed by atoms with E-state index in [0.29, 0.717) is 6.04 Å². The highest BCUT2D eigenvalue weighted by Crippen LogP contribution is 2.21. The third-order valence-electron chi connectivity index (χ3n) is 4.43. The van der Waals surface area contributed by atoms with Gasteiger partial charge in [-0.3, -0.25) is 0 Å². The molecule has 1 aliphatic rings. The molecule has 0 aromatic carbocycles. The highest BCUT2D eigenvalue weighted by Gasteiger charge is 2.26. The molecule has 0 radical (unpaired) electrons. The van der Waals surface area contributed by atoms with E-state index in [1.807, 2.05) is 0 Å². The number of hydrogen-bond donors (Lipinski definition) is 1. The van der Waals surface area contributed by atoms with Crippen LogP contribution in [0.2, 0.25) is 0 Å². The van der Waals surface area contributed by atoms with E-state index in [1.165, 1.54) is 76.0 Å². The topological polar surface area (TPSA) is 15.3 Å². The van der Waals surface area contributed by atoms with Gasteiger partial charge in [-0.1, -0.05) is 52.4 Å². The summed E-state index contributed by atoms with van der Waals surface area (Å²) < 4.78 is 0. The van der Waals surface area contributed by atoms with Crippen LogP contribution in [0.4, 0.5) is 0 Å². The molecule has 0 aromatic heterocycles. The van der Waals surface area contributed by atoms with E-state index in [-0.39, 0.29) is 0 Å². The number of hydrogen-bond acceptors (Lipinski definition) is 3. The maximum atomic E-state index is 3.82. The lowest BCUT2D eigenvalue weighted by atomic mass is 9.99. The molecule has 1 aliphatic heterocycles. The van der Waals surface area contributed by atoms with Crippen LogP contribution in [-0.4, -0.2) is 48.6 Å². The van der Waals surface area contributed by atoms with Crippen molar-refractivity contribution in [1.82, 2.24) is 10.2 Å². The summed E-state index contributed by atoms with van der Waals surface area (Å²) in [5.41, 5.74) is 0. The third-order valence-corrected chi connectivity index (χ3v) is 5.48. The molecule has 0 aliphatic carbocycles. The lowest BCUT2D eigenvalue weighted by molar-refractivity contribution is 0.205. The first-order chi connectivity index (χ1) is 9.79. The molecular formula is C17H36N2S. The molecule has 0 aromatic rings. The van der Waals surface area contributed by atoms with Crippen molar-refractivity contribution in [2.45, 2.75) is 77.3 Å². The van der Waals surface area contributed by atoms with Crippen molar-refractivity contribution < 1.29 is 0 Å². The second-order valence-corrected chi connectivity index (χ2v) is 7.39. The molecule has 1 heterocycles. The summed E-state index contributed by atoms with van der Waals surface area (Å²) in [6.45, 7) is 7.00. The van der Waals surface area contributed by atoms with Gasteiger partial charge in [0.1, 0.15) is 0 Å². The van der Waals surface area contributed by atoms with E-state index in [2.05, 4.69) is 42.9 Å². The van der Waals surface area contributed by atoms with Gasteiger partial charge in [-0.2, -0.15) is 11.8 Å². The van der Waals surface area contributed by atoms with Crippen LogP contribution in [0.25, 0.3) is 0 Å². The van der Waals surface area contributed by atoms with Gasteiger partial charge in [0.05, 0.1) is 0 Å². The lowest BCUT2D eigenvalue weighted by Crippen LogP contribution is -2.52. The second kappa shape index (κ2) is 11.9. The quantitative estimate of drug-likeness (QED) is 0.577. The summed E-state index contributed by atoms with van der Waals surface area (Å²) >= 11 is 2.14. The van der Waals surface area contributed by atoms with Crippen LogP contribution in [0.5, 0.6) is 0 Å².